The lowest BCUT2D eigenvalue weighted by Crippen LogP contribution is -2.62. The fraction of sp³-hybridized carbons (Fsp3) is 0.450. The Morgan fingerprint density at radius 2 is 1.87 bits per heavy atom. The third-order valence-corrected chi connectivity index (χ3v) is 11.9. The molecule has 1 aliphatic carbocycles. The highest BCUT2D eigenvalue weighted by Crippen LogP contribution is 2.52. The Bertz CT molecular complexity index is 2590. The number of carbonyl (C=O) groups is 3. The molecule has 4 N–H and O–H groups in total. The zero-order chi connectivity index (χ0) is 42.7. The Kier molecular flexibility index (Phi) is 10.6. The topological polar surface area (TPSA) is 190 Å². The van der Waals surface area contributed by atoms with Crippen LogP contribution in [0.2, 0.25) is 5.02 Å². The quantitative estimate of drug-likeness (QED) is 0.132. The zero-order valence-electron chi connectivity index (χ0n) is 33.2. The van der Waals surface area contributed by atoms with Gasteiger partial charge in [0.05, 0.1) is 41.1 Å². The normalized spacial score (nSPS) is 20.4. The number of halogens is 4. The second-order valence-corrected chi connectivity index (χ2v) is 16.5. The number of hydrogen-bond acceptors (Lipinski definition) is 12. The summed E-state index contributed by atoms with van der Waals surface area (Å²) in [7, 11) is 3.18. The van der Waals surface area contributed by atoms with Crippen LogP contribution in [0, 0.1) is 11.3 Å². The summed E-state index contributed by atoms with van der Waals surface area (Å²) in [5.74, 6) is -2.78. The molecular formula is C40H43ClF3N11O5. The first-order chi connectivity index (χ1) is 28.5. The predicted octanol–water partition coefficient (Wildman–Crippen LogP) is 5.35. The van der Waals surface area contributed by atoms with E-state index in [1.165, 1.54) is 30.1 Å². The predicted molar refractivity (Wildman–Crippen MR) is 218 cm³/mol. The first-order valence-electron chi connectivity index (χ1n) is 19.6. The number of amides is 3. The average molecular weight is 850 g/mol. The molecule has 2 aliphatic heterocycles. The third-order valence-electron chi connectivity index (χ3n) is 11.7. The fourth-order valence-electron chi connectivity index (χ4n) is 8.68. The van der Waals surface area contributed by atoms with Gasteiger partial charge >= 0.3 is 6.18 Å². The van der Waals surface area contributed by atoms with Crippen LogP contribution >= 0.6 is 11.6 Å². The van der Waals surface area contributed by atoms with E-state index in [2.05, 4.69) is 41.3 Å². The van der Waals surface area contributed by atoms with E-state index < -0.39 is 46.8 Å². The van der Waals surface area contributed by atoms with Crippen LogP contribution in [-0.4, -0.2) is 86.0 Å². The van der Waals surface area contributed by atoms with Crippen molar-refractivity contribution in [2.24, 2.45) is 18.4 Å². The number of likely N-dealkylation sites (N-methyl/N-ethyl adjacent to an activating group) is 1. The molecule has 316 valence electrons. The zero-order valence-corrected chi connectivity index (χ0v) is 33.9. The number of hydrogen-bond donors (Lipinski definition) is 4. The van der Waals surface area contributed by atoms with Crippen LogP contribution in [0.4, 0.5) is 36.3 Å². The number of benzene rings is 1. The standard InChI is InChI=1S/C40H43ClF3N11O5/c1-20(2)55-35-21(12-30(37(55)59)60-17-32(57)45-3)11-23(15-46-35)49-34-27(41)16-47-38(51-34)54-18-39(19-54)10-9-28(26(14-39)40(42,43)44)48-22-5-6-24-29(13-22)53(4)52-33(24)25-7-8-31(56)50-36(25)58/h5-6,11-13,15-16,20,25-26,28,48H,7-10,14,17-19H2,1-4H3,(H,45,57)(H,47,49,51)(H,50,56,58)/t25?,26?,28-/m1/s1. The third kappa shape index (κ3) is 7.77. The minimum Gasteiger partial charge on any atom is -0.478 e. The summed E-state index contributed by atoms with van der Waals surface area (Å²) in [6.45, 7) is 3.99. The van der Waals surface area contributed by atoms with E-state index in [1.54, 1.807) is 36.0 Å². The maximum atomic E-state index is 14.8. The van der Waals surface area contributed by atoms with Gasteiger partial charge in [-0.15, -0.1) is 0 Å². The van der Waals surface area contributed by atoms with E-state index >= 15 is 0 Å². The van der Waals surface area contributed by atoms with Crippen LogP contribution in [0.3, 0.4) is 0 Å². The Balaban J connectivity index is 0.958. The van der Waals surface area contributed by atoms with Crippen molar-refractivity contribution in [1.29, 1.82) is 0 Å². The summed E-state index contributed by atoms with van der Waals surface area (Å²) < 4.78 is 53.0. The van der Waals surface area contributed by atoms with Gasteiger partial charge in [-0.3, -0.25) is 33.7 Å². The van der Waals surface area contributed by atoms with E-state index in [4.69, 9.17) is 16.3 Å². The van der Waals surface area contributed by atoms with Crippen molar-refractivity contribution in [1.82, 2.24) is 39.9 Å². The number of aromatic nitrogens is 6. The molecule has 1 aromatic carbocycles. The first kappa shape index (κ1) is 40.8. The van der Waals surface area contributed by atoms with Gasteiger partial charge in [0, 0.05) is 67.6 Å². The summed E-state index contributed by atoms with van der Waals surface area (Å²) in [5.41, 5.74) is 1.58. The molecule has 2 saturated heterocycles. The minimum atomic E-state index is -4.45. The Morgan fingerprint density at radius 1 is 1.08 bits per heavy atom. The van der Waals surface area contributed by atoms with Crippen LogP contribution in [0.25, 0.3) is 21.9 Å². The van der Waals surface area contributed by atoms with Gasteiger partial charge in [-0.2, -0.15) is 23.3 Å². The van der Waals surface area contributed by atoms with Gasteiger partial charge in [0.25, 0.3) is 11.5 Å². The molecule has 5 aromatic rings. The lowest BCUT2D eigenvalue weighted by atomic mass is 9.63. The van der Waals surface area contributed by atoms with Gasteiger partial charge in [0.15, 0.2) is 18.2 Å². The number of fused-ring (bicyclic) bond motifs is 2. The highest BCUT2D eigenvalue weighted by Gasteiger charge is 2.56. The summed E-state index contributed by atoms with van der Waals surface area (Å²) in [4.78, 5) is 64.7. The van der Waals surface area contributed by atoms with E-state index in [0.717, 1.165) is 0 Å². The van der Waals surface area contributed by atoms with Crippen LogP contribution in [0.5, 0.6) is 5.75 Å². The van der Waals surface area contributed by atoms with E-state index in [1.807, 2.05) is 18.7 Å². The molecule has 8 rings (SSSR count). The molecule has 0 bridgehead atoms. The van der Waals surface area contributed by atoms with Crippen molar-refractivity contribution in [3.05, 3.63) is 63.8 Å². The number of anilines is 4. The molecule has 20 heteroatoms. The van der Waals surface area contributed by atoms with Crippen molar-refractivity contribution in [3.63, 3.8) is 0 Å². The van der Waals surface area contributed by atoms with Gasteiger partial charge in [-0.25, -0.2) is 9.97 Å². The number of carbonyl (C=O) groups excluding carboxylic acids is 3. The first-order valence-corrected chi connectivity index (χ1v) is 20.0. The van der Waals surface area contributed by atoms with Crippen molar-refractivity contribution in [3.8, 4) is 5.75 Å². The smallest absolute Gasteiger partial charge is 0.393 e. The monoisotopic (exact) mass is 849 g/mol. The second kappa shape index (κ2) is 15.6. The van der Waals surface area contributed by atoms with Crippen LogP contribution in [-0.2, 0) is 21.4 Å². The number of nitrogens with zero attached hydrogens (tertiary/aromatic N) is 7. The molecule has 3 atom stereocenters. The number of nitrogens with one attached hydrogen (secondary N) is 4. The molecule has 6 heterocycles. The van der Waals surface area contributed by atoms with E-state index in [-0.39, 0.29) is 54.4 Å². The summed E-state index contributed by atoms with van der Waals surface area (Å²) in [6, 6.07) is 7.36. The van der Waals surface area contributed by atoms with Crippen LogP contribution in [0.1, 0.15) is 63.6 Å². The molecule has 3 fully saturated rings. The van der Waals surface area contributed by atoms with E-state index in [0.29, 0.717) is 70.9 Å². The fourth-order valence-corrected chi connectivity index (χ4v) is 8.82. The largest absolute Gasteiger partial charge is 0.478 e. The molecule has 16 nitrogen and oxygen atoms in total. The number of ether oxygens (including phenoxy) is 1. The molecule has 1 spiro atoms. The number of piperidine rings is 1. The number of aryl methyl sites for hydroxylation is 1. The Labute approximate surface area is 346 Å². The SMILES string of the molecule is CNC(=O)COc1cc2cc(Nc3nc(N4CC5(CC[C@@H](Nc6ccc7c(C8CCC(=O)NC8=O)nn(C)c7c6)C(C(F)(F)F)C5)C4)ncc3Cl)cnc2n(C(C)C)c1=O. The van der Waals surface area contributed by atoms with Crippen molar-refractivity contribution in [2.75, 3.05) is 42.3 Å². The lowest BCUT2D eigenvalue weighted by Gasteiger charge is -2.55. The van der Waals surface area contributed by atoms with Gasteiger partial charge in [0.1, 0.15) is 10.7 Å². The summed E-state index contributed by atoms with van der Waals surface area (Å²) in [6.07, 6.45) is -0.189. The summed E-state index contributed by atoms with van der Waals surface area (Å²) in [5, 5.41) is 17.2. The summed E-state index contributed by atoms with van der Waals surface area (Å²) >= 11 is 6.52. The molecule has 1 saturated carbocycles. The molecule has 60 heavy (non-hydrogen) atoms. The van der Waals surface area contributed by atoms with Crippen molar-refractivity contribution < 1.29 is 32.3 Å². The van der Waals surface area contributed by atoms with Crippen molar-refractivity contribution in [2.45, 2.75) is 70.1 Å². The highest BCUT2D eigenvalue weighted by atomic mass is 35.5. The molecule has 3 amide bonds. The second-order valence-electron chi connectivity index (χ2n) is 16.1. The Hall–Kier alpha value is -5.98. The van der Waals surface area contributed by atoms with Crippen molar-refractivity contribution >= 4 is 74.4 Å². The highest BCUT2D eigenvalue weighted by molar-refractivity contribution is 6.33. The van der Waals surface area contributed by atoms with Crippen LogP contribution in [0.15, 0.2) is 47.5 Å². The molecule has 3 aliphatic rings. The molecule has 4 aromatic heterocycles. The number of rotatable bonds is 10. The van der Waals surface area contributed by atoms with Gasteiger partial charge in [-0.1, -0.05) is 11.6 Å². The minimum absolute atomic E-state index is 0.0151. The van der Waals surface area contributed by atoms with Crippen LogP contribution < -0.4 is 36.5 Å². The number of alkyl halides is 3. The maximum absolute atomic E-state index is 14.8. The number of imide groups is 1. The number of pyridine rings is 2. The van der Waals surface area contributed by atoms with Gasteiger partial charge < -0.3 is 25.6 Å². The average Bonchev–Trinajstić information content (AvgIpc) is 3.51. The van der Waals surface area contributed by atoms with Gasteiger partial charge in [-0.05, 0) is 69.9 Å². The van der Waals surface area contributed by atoms with Gasteiger partial charge in [0.2, 0.25) is 17.8 Å². The lowest BCUT2D eigenvalue weighted by molar-refractivity contribution is -0.196. The van der Waals surface area contributed by atoms with E-state index in [9.17, 15) is 32.3 Å². The Morgan fingerprint density at radius 3 is 2.58 bits per heavy atom. The maximum Gasteiger partial charge on any atom is 0.393 e. The molecule has 0 radical (unpaired) electrons. The molecular weight excluding hydrogens is 807 g/mol. The molecule has 2 unspecified atom stereocenters.